The maximum Gasteiger partial charge on any atom is 0.261 e. The molecule has 0 bridgehead atoms. The van der Waals surface area contributed by atoms with E-state index in [2.05, 4.69) is 5.32 Å². The third kappa shape index (κ3) is 6.67. The number of amides is 4. The van der Waals surface area contributed by atoms with Gasteiger partial charge >= 0.3 is 0 Å². The highest BCUT2D eigenvalue weighted by molar-refractivity contribution is 6.35. The van der Waals surface area contributed by atoms with E-state index in [-0.39, 0.29) is 49.6 Å². The summed E-state index contributed by atoms with van der Waals surface area (Å²) in [4.78, 5) is 55.1. The number of hydrogen-bond acceptors (Lipinski definition) is 4. The monoisotopic (exact) mass is 565 g/mol. The van der Waals surface area contributed by atoms with Gasteiger partial charge in [0.25, 0.3) is 11.8 Å². The molecule has 202 valence electrons. The Kier molecular flexibility index (Phi) is 9.38. The highest BCUT2D eigenvalue weighted by Gasteiger charge is 2.35. The smallest absolute Gasteiger partial charge is 0.261 e. The number of benzene rings is 3. The van der Waals surface area contributed by atoms with E-state index in [9.17, 15) is 19.2 Å². The molecule has 0 radical (unpaired) electrons. The van der Waals surface area contributed by atoms with Crippen molar-refractivity contribution in [2.24, 2.45) is 0 Å². The lowest BCUT2D eigenvalue weighted by Crippen LogP contribution is -2.50. The molecule has 4 amide bonds. The van der Waals surface area contributed by atoms with Crippen LogP contribution in [0.25, 0.3) is 0 Å². The second-order valence-corrected chi connectivity index (χ2v) is 10.1. The molecule has 9 heteroatoms. The van der Waals surface area contributed by atoms with Crippen LogP contribution in [0.2, 0.25) is 10.0 Å². The fraction of sp³-hybridized carbons (Fsp3) is 0.267. The summed E-state index contributed by atoms with van der Waals surface area (Å²) in [5, 5.41) is 3.70. The molecule has 1 heterocycles. The van der Waals surface area contributed by atoms with Gasteiger partial charge in [-0.3, -0.25) is 24.1 Å². The van der Waals surface area contributed by atoms with Crippen LogP contribution in [0.5, 0.6) is 0 Å². The SMILES string of the molecule is CCNC(=O)[C@H](Cc1ccccc1)N(Cc1ccc(Cl)cc1Cl)C(=O)CCCN1C(=O)c2ccccc2C1=O. The van der Waals surface area contributed by atoms with Crippen molar-refractivity contribution >= 4 is 46.8 Å². The number of hydrogen-bond donors (Lipinski definition) is 1. The van der Waals surface area contributed by atoms with Gasteiger partial charge in [-0.05, 0) is 48.7 Å². The predicted molar refractivity (Wildman–Crippen MR) is 151 cm³/mol. The highest BCUT2D eigenvalue weighted by atomic mass is 35.5. The number of halogens is 2. The van der Waals surface area contributed by atoms with Gasteiger partial charge in [0.1, 0.15) is 6.04 Å². The number of nitrogens with one attached hydrogen (secondary N) is 1. The predicted octanol–water partition coefficient (Wildman–Crippen LogP) is 5.15. The number of carbonyl (C=O) groups excluding carboxylic acids is 4. The number of carbonyl (C=O) groups is 4. The topological polar surface area (TPSA) is 86.8 Å². The van der Waals surface area contributed by atoms with Gasteiger partial charge in [-0.15, -0.1) is 0 Å². The Morgan fingerprint density at radius 1 is 0.923 bits per heavy atom. The van der Waals surface area contributed by atoms with Crippen LogP contribution in [0.4, 0.5) is 0 Å². The van der Waals surface area contributed by atoms with Crippen LogP contribution in [0.1, 0.15) is 51.6 Å². The number of imide groups is 1. The van der Waals surface area contributed by atoms with Crippen molar-refractivity contribution in [2.75, 3.05) is 13.1 Å². The second kappa shape index (κ2) is 12.9. The molecular weight excluding hydrogens is 537 g/mol. The third-order valence-electron chi connectivity index (χ3n) is 6.63. The van der Waals surface area contributed by atoms with Crippen LogP contribution in [-0.4, -0.2) is 52.6 Å². The van der Waals surface area contributed by atoms with E-state index in [1.165, 1.54) is 9.80 Å². The quantitative estimate of drug-likeness (QED) is 0.326. The fourth-order valence-electron chi connectivity index (χ4n) is 4.65. The molecule has 39 heavy (non-hydrogen) atoms. The number of nitrogens with zero attached hydrogens (tertiary/aromatic N) is 2. The van der Waals surface area contributed by atoms with E-state index in [0.717, 1.165) is 5.56 Å². The molecule has 3 aromatic carbocycles. The molecule has 3 aromatic rings. The Morgan fingerprint density at radius 3 is 2.18 bits per heavy atom. The van der Waals surface area contributed by atoms with Crippen molar-refractivity contribution in [3.8, 4) is 0 Å². The Bertz CT molecular complexity index is 1340. The first-order valence-electron chi connectivity index (χ1n) is 12.8. The maximum absolute atomic E-state index is 13.7. The Balaban J connectivity index is 1.55. The van der Waals surface area contributed by atoms with Gasteiger partial charge < -0.3 is 10.2 Å². The minimum absolute atomic E-state index is 0.0311. The minimum atomic E-state index is -0.800. The molecule has 0 aliphatic carbocycles. The van der Waals surface area contributed by atoms with Gasteiger partial charge in [-0.25, -0.2) is 0 Å². The number of likely N-dealkylation sites (N-methyl/N-ethyl adjacent to an activating group) is 1. The molecule has 4 rings (SSSR count). The first-order valence-corrected chi connectivity index (χ1v) is 13.6. The number of fused-ring (bicyclic) bond motifs is 1. The third-order valence-corrected chi connectivity index (χ3v) is 7.22. The average molecular weight is 566 g/mol. The van der Waals surface area contributed by atoms with Crippen molar-refractivity contribution in [3.05, 3.63) is 105 Å². The lowest BCUT2D eigenvalue weighted by atomic mass is 10.0. The summed E-state index contributed by atoms with van der Waals surface area (Å²) in [5.41, 5.74) is 2.29. The zero-order valence-electron chi connectivity index (χ0n) is 21.5. The van der Waals surface area contributed by atoms with Crippen LogP contribution in [0.15, 0.2) is 72.8 Å². The largest absolute Gasteiger partial charge is 0.355 e. The molecule has 1 aliphatic rings. The van der Waals surface area contributed by atoms with Crippen molar-refractivity contribution in [3.63, 3.8) is 0 Å². The molecule has 0 fully saturated rings. The molecule has 1 atom stereocenters. The summed E-state index contributed by atoms with van der Waals surface area (Å²) in [5.74, 6) is -1.29. The van der Waals surface area contributed by atoms with E-state index in [4.69, 9.17) is 23.2 Å². The van der Waals surface area contributed by atoms with Crippen LogP contribution in [0, 0.1) is 0 Å². The van der Waals surface area contributed by atoms with Crippen LogP contribution < -0.4 is 5.32 Å². The summed E-state index contributed by atoms with van der Waals surface area (Å²) in [7, 11) is 0. The van der Waals surface area contributed by atoms with E-state index in [1.807, 2.05) is 37.3 Å². The van der Waals surface area contributed by atoms with Gasteiger partial charge in [0.15, 0.2) is 0 Å². The van der Waals surface area contributed by atoms with Crippen molar-refractivity contribution < 1.29 is 19.2 Å². The summed E-state index contributed by atoms with van der Waals surface area (Å²) < 4.78 is 0. The van der Waals surface area contributed by atoms with Crippen molar-refractivity contribution in [2.45, 2.75) is 38.8 Å². The first-order chi connectivity index (χ1) is 18.8. The second-order valence-electron chi connectivity index (χ2n) is 9.27. The lowest BCUT2D eigenvalue weighted by Gasteiger charge is -2.32. The van der Waals surface area contributed by atoms with Gasteiger partial charge in [-0.2, -0.15) is 0 Å². The molecule has 1 aliphatic heterocycles. The Hall–Kier alpha value is -3.68. The molecule has 0 aromatic heterocycles. The van der Waals surface area contributed by atoms with Gasteiger partial charge in [0.05, 0.1) is 11.1 Å². The van der Waals surface area contributed by atoms with E-state index in [0.29, 0.717) is 39.7 Å². The van der Waals surface area contributed by atoms with Gasteiger partial charge in [0, 0.05) is 42.5 Å². The molecule has 0 spiro atoms. The fourth-order valence-corrected chi connectivity index (χ4v) is 5.12. The number of rotatable bonds is 11. The molecule has 0 unspecified atom stereocenters. The van der Waals surface area contributed by atoms with Crippen LogP contribution in [-0.2, 0) is 22.6 Å². The zero-order chi connectivity index (χ0) is 27.9. The normalized spacial score (nSPS) is 13.3. The summed E-state index contributed by atoms with van der Waals surface area (Å²) in [6.07, 6.45) is 0.591. The first kappa shape index (κ1) is 28.3. The summed E-state index contributed by atoms with van der Waals surface area (Å²) in [6.45, 7) is 2.42. The summed E-state index contributed by atoms with van der Waals surface area (Å²) >= 11 is 12.5. The zero-order valence-corrected chi connectivity index (χ0v) is 23.0. The molecule has 0 saturated heterocycles. The molecule has 7 nitrogen and oxygen atoms in total. The lowest BCUT2D eigenvalue weighted by molar-refractivity contribution is -0.141. The van der Waals surface area contributed by atoms with Gasteiger partial charge in [0.2, 0.25) is 11.8 Å². The Morgan fingerprint density at radius 2 is 1.56 bits per heavy atom. The Labute approximate surface area is 237 Å². The molecule has 1 N–H and O–H groups in total. The van der Waals surface area contributed by atoms with Crippen molar-refractivity contribution in [1.82, 2.24) is 15.1 Å². The van der Waals surface area contributed by atoms with Crippen LogP contribution in [0.3, 0.4) is 0 Å². The average Bonchev–Trinajstić information content (AvgIpc) is 3.17. The van der Waals surface area contributed by atoms with Crippen LogP contribution >= 0.6 is 23.2 Å². The summed E-state index contributed by atoms with van der Waals surface area (Å²) in [6, 6.07) is 20.4. The highest BCUT2D eigenvalue weighted by Crippen LogP contribution is 2.26. The standard InChI is InChI=1S/C30H29Cl2N3O4/c1-2-33-28(37)26(17-20-9-4-3-5-10-20)35(19-21-14-15-22(31)18-25(21)32)27(36)13-8-16-34-29(38)23-11-6-7-12-24(23)30(34)39/h3-7,9-12,14-15,18,26H,2,8,13,16-17,19H2,1H3,(H,33,37)/t26-/m0/s1. The van der Waals surface area contributed by atoms with E-state index < -0.39 is 6.04 Å². The molecule has 0 saturated carbocycles. The molecular formula is C30H29Cl2N3O4. The van der Waals surface area contributed by atoms with Crippen molar-refractivity contribution in [1.29, 1.82) is 0 Å². The van der Waals surface area contributed by atoms with E-state index in [1.54, 1.807) is 42.5 Å². The minimum Gasteiger partial charge on any atom is -0.355 e. The van der Waals surface area contributed by atoms with E-state index >= 15 is 0 Å². The van der Waals surface area contributed by atoms with Gasteiger partial charge in [-0.1, -0.05) is 71.7 Å². The maximum atomic E-state index is 13.7.